The Morgan fingerprint density at radius 2 is 1.89 bits per heavy atom. The van der Waals surface area contributed by atoms with Crippen LogP contribution in [-0.4, -0.2) is 22.1 Å². The number of benzene rings is 2. The molecule has 142 valence electrons. The van der Waals surface area contributed by atoms with E-state index in [9.17, 15) is 13.7 Å². The highest BCUT2D eigenvalue weighted by atomic mass is 35.5. The van der Waals surface area contributed by atoms with Gasteiger partial charge in [-0.2, -0.15) is 5.26 Å². The fourth-order valence-corrected chi connectivity index (χ4v) is 4.47. The lowest BCUT2D eigenvalue weighted by Gasteiger charge is -2.12. The van der Waals surface area contributed by atoms with Crippen LogP contribution in [0, 0.1) is 11.3 Å². The van der Waals surface area contributed by atoms with Gasteiger partial charge in [0.1, 0.15) is 11.0 Å². The smallest absolute Gasteiger partial charge is 0.218 e. The maximum absolute atomic E-state index is 12.8. The molecule has 9 heteroatoms. The van der Waals surface area contributed by atoms with Gasteiger partial charge >= 0.3 is 0 Å². The van der Waals surface area contributed by atoms with Crippen LogP contribution in [0.25, 0.3) is 6.08 Å². The monoisotopic (exact) mass is 445 g/mol. The first-order valence-electron chi connectivity index (χ1n) is 7.56. The molecule has 5 nitrogen and oxygen atoms in total. The Balaban J connectivity index is 2.62. The second-order valence-corrected chi connectivity index (χ2v) is 8.30. The molecule has 0 fully saturated rings. The highest BCUT2D eigenvalue weighted by Gasteiger charge is 2.24. The lowest BCUT2D eigenvalue weighted by molar-refractivity contribution is 0.311. The van der Waals surface area contributed by atoms with Gasteiger partial charge in [0.2, 0.25) is 9.84 Å². The van der Waals surface area contributed by atoms with Crippen LogP contribution in [0.3, 0.4) is 0 Å². The summed E-state index contributed by atoms with van der Waals surface area (Å²) in [6, 6.07) is 8.68. The Morgan fingerprint density at radius 1 is 1.19 bits per heavy atom. The van der Waals surface area contributed by atoms with E-state index in [-0.39, 0.29) is 20.0 Å². The summed E-state index contributed by atoms with van der Waals surface area (Å²) in [4.78, 5) is -0.774. The predicted octanol–water partition coefficient (Wildman–Crippen LogP) is 5.39. The molecule has 0 N–H and O–H groups in total. The van der Waals surface area contributed by atoms with Crippen molar-refractivity contribution in [2.24, 2.45) is 0 Å². The van der Waals surface area contributed by atoms with Gasteiger partial charge in [-0.25, -0.2) is 8.42 Å². The van der Waals surface area contributed by atoms with Crippen molar-refractivity contribution in [2.45, 2.75) is 11.8 Å². The summed E-state index contributed by atoms with van der Waals surface area (Å²) >= 11 is 18.0. The molecule has 0 saturated heterocycles. The topological polar surface area (TPSA) is 76.4 Å². The van der Waals surface area contributed by atoms with Crippen LogP contribution in [0.2, 0.25) is 15.1 Å². The zero-order valence-electron chi connectivity index (χ0n) is 14.3. The van der Waals surface area contributed by atoms with E-state index in [4.69, 9.17) is 44.3 Å². The number of sulfone groups is 1. The minimum atomic E-state index is -4.19. The summed E-state index contributed by atoms with van der Waals surface area (Å²) in [5, 5.41) is 9.78. The zero-order chi connectivity index (χ0) is 20.2. The number of allylic oxidation sites excluding steroid dienone is 1. The lowest BCUT2D eigenvalue weighted by atomic mass is 10.2. The molecular formula is C18H14Cl3NO4S. The molecule has 0 atom stereocenters. The first-order valence-corrected chi connectivity index (χ1v) is 10.2. The molecule has 0 aliphatic heterocycles. The van der Waals surface area contributed by atoms with E-state index in [1.54, 1.807) is 13.0 Å². The predicted molar refractivity (Wildman–Crippen MR) is 106 cm³/mol. The average Bonchev–Trinajstić information content (AvgIpc) is 2.61. The SMILES string of the molecule is CCOc1cc(/C=C(\C#N)S(=O)(=O)c2cc(Cl)ccc2Cl)cc(Cl)c1OC. The van der Waals surface area contributed by atoms with Crippen molar-refractivity contribution >= 4 is 50.7 Å². The molecule has 2 aromatic rings. The second kappa shape index (κ2) is 8.85. The second-order valence-electron chi connectivity index (χ2n) is 5.17. The minimum Gasteiger partial charge on any atom is -0.491 e. The Kier molecular flexibility index (Phi) is 7.01. The molecule has 0 heterocycles. The van der Waals surface area contributed by atoms with Crippen LogP contribution in [0.5, 0.6) is 11.5 Å². The number of nitriles is 1. The molecule has 0 saturated carbocycles. The molecule has 0 aliphatic rings. The van der Waals surface area contributed by atoms with E-state index >= 15 is 0 Å². The maximum atomic E-state index is 12.8. The van der Waals surface area contributed by atoms with Crippen LogP contribution in [0.15, 0.2) is 40.1 Å². The molecular weight excluding hydrogens is 433 g/mol. The quantitative estimate of drug-likeness (QED) is 0.556. The summed E-state index contributed by atoms with van der Waals surface area (Å²) in [7, 11) is -2.75. The van der Waals surface area contributed by atoms with Gasteiger partial charge in [0.15, 0.2) is 11.5 Å². The fraction of sp³-hybridized carbons (Fsp3) is 0.167. The third-order valence-electron chi connectivity index (χ3n) is 3.42. The number of nitrogens with zero attached hydrogens (tertiary/aromatic N) is 1. The van der Waals surface area contributed by atoms with E-state index < -0.39 is 14.7 Å². The number of rotatable bonds is 6. The molecule has 2 rings (SSSR count). The highest BCUT2D eigenvalue weighted by molar-refractivity contribution is 7.95. The van der Waals surface area contributed by atoms with Crippen molar-refractivity contribution in [3.05, 3.63) is 55.9 Å². The summed E-state index contributed by atoms with van der Waals surface area (Å²) in [5.74, 6) is 0.643. The van der Waals surface area contributed by atoms with Gasteiger partial charge in [0, 0.05) is 5.02 Å². The third-order valence-corrected chi connectivity index (χ3v) is 6.08. The molecule has 2 aromatic carbocycles. The number of hydrogen-bond donors (Lipinski definition) is 0. The van der Waals surface area contributed by atoms with Crippen LogP contribution in [0.1, 0.15) is 12.5 Å². The van der Waals surface area contributed by atoms with Crippen LogP contribution < -0.4 is 9.47 Å². The average molecular weight is 447 g/mol. The number of hydrogen-bond acceptors (Lipinski definition) is 5. The van der Waals surface area contributed by atoms with Gasteiger partial charge in [-0.15, -0.1) is 0 Å². The van der Waals surface area contributed by atoms with Gasteiger partial charge in [-0.3, -0.25) is 0 Å². The number of methoxy groups -OCH3 is 1. The normalized spacial score (nSPS) is 11.8. The molecule has 0 radical (unpaired) electrons. The Bertz CT molecular complexity index is 1040. The lowest BCUT2D eigenvalue weighted by Crippen LogP contribution is -2.04. The number of ether oxygens (including phenoxy) is 2. The summed E-state index contributed by atoms with van der Waals surface area (Å²) in [5.41, 5.74) is 0.350. The zero-order valence-corrected chi connectivity index (χ0v) is 17.4. The molecule has 0 amide bonds. The minimum absolute atomic E-state index is 0.0386. The van der Waals surface area contributed by atoms with E-state index in [1.165, 1.54) is 43.5 Å². The van der Waals surface area contributed by atoms with E-state index in [1.807, 2.05) is 0 Å². The van der Waals surface area contributed by atoms with Crippen LogP contribution in [-0.2, 0) is 9.84 Å². The first kappa shape index (κ1) is 21.4. The molecule has 0 spiro atoms. The standard InChI is InChI=1S/C18H14Cl3NO4S/c1-3-26-16-8-11(7-15(21)18(16)25-2)6-13(10-22)27(23,24)17-9-12(19)4-5-14(17)20/h4-9H,3H2,1-2H3/b13-6+. The van der Waals surface area contributed by atoms with Crippen molar-refractivity contribution in [3.8, 4) is 17.6 Å². The first-order chi connectivity index (χ1) is 12.7. The van der Waals surface area contributed by atoms with E-state index in [0.717, 1.165) is 0 Å². The highest BCUT2D eigenvalue weighted by Crippen LogP contribution is 2.37. The largest absolute Gasteiger partial charge is 0.491 e. The molecule has 0 aliphatic carbocycles. The van der Waals surface area contributed by atoms with Gasteiger partial charge in [0.05, 0.1) is 28.7 Å². The van der Waals surface area contributed by atoms with Crippen molar-refractivity contribution < 1.29 is 17.9 Å². The van der Waals surface area contributed by atoms with Gasteiger partial charge < -0.3 is 9.47 Å². The van der Waals surface area contributed by atoms with Gasteiger partial charge in [-0.05, 0) is 48.9 Å². The maximum Gasteiger partial charge on any atom is 0.218 e. The molecule has 0 aromatic heterocycles. The van der Waals surface area contributed by atoms with Gasteiger partial charge in [0.25, 0.3) is 0 Å². The Morgan fingerprint density at radius 3 is 2.48 bits per heavy atom. The van der Waals surface area contributed by atoms with Crippen molar-refractivity contribution in [1.29, 1.82) is 5.26 Å². The summed E-state index contributed by atoms with van der Waals surface area (Å²) < 4.78 is 36.3. The van der Waals surface area contributed by atoms with Crippen LogP contribution >= 0.6 is 34.8 Å². The summed E-state index contributed by atoms with van der Waals surface area (Å²) in [6.07, 6.45) is 1.18. The molecule has 27 heavy (non-hydrogen) atoms. The Hall–Kier alpha value is -1.91. The van der Waals surface area contributed by atoms with Crippen LogP contribution in [0.4, 0.5) is 0 Å². The van der Waals surface area contributed by atoms with E-state index in [2.05, 4.69) is 0 Å². The summed E-state index contributed by atoms with van der Waals surface area (Å²) in [6.45, 7) is 2.13. The van der Waals surface area contributed by atoms with Gasteiger partial charge in [-0.1, -0.05) is 34.8 Å². The van der Waals surface area contributed by atoms with Crippen molar-refractivity contribution in [1.82, 2.24) is 0 Å². The third kappa shape index (κ3) is 4.69. The number of halogens is 3. The van der Waals surface area contributed by atoms with Crippen molar-refractivity contribution in [3.63, 3.8) is 0 Å². The fourth-order valence-electron chi connectivity index (χ4n) is 2.26. The van der Waals surface area contributed by atoms with E-state index in [0.29, 0.717) is 23.7 Å². The molecule has 0 bridgehead atoms. The Labute approximate surface area is 172 Å². The molecule has 0 unspecified atom stereocenters. The van der Waals surface area contributed by atoms with Crippen molar-refractivity contribution in [2.75, 3.05) is 13.7 Å².